The minimum Gasteiger partial charge on any atom is -0.321 e. The smallest absolute Gasteiger partial charge is 0.271 e. The van der Waals surface area contributed by atoms with Crippen molar-refractivity contribution < 1.29 is 4.92 Å². The lowest BCUT2D eigenvalue weighted by Crippen LogP contribution is -2.20. The fourth-order valence-electron chi connectivity index (χ4n) is 1.72. The van der Waals surface area contributed by atoms with Crippen LogP contribution < -0.4 is 11.3 Å². The third-order valence-corrected chi connectivity index (χ3v) is 2.66. The molecule has 1 aromatic heterocycles. The molecule has 16 heavy (non-hydrogen) atoms. The summed E-state index contributed by atoms with van der Waals surface area (Å²) in [5, 5.41) is 15.1. The maximum atomic E-state index is 10.7. The number of hydrogen-bond donors (Lipinski definition) is 1. The van der Waals surface area contributed by atoms with Crippen molar-refractivity contribution in [3.8, 4) is 0 Å². The van der Waals surface area contributed by atoms with E-state index in [4.69, 9.17) is 5.84 Å². The molecule has 7 heteroatoms. The van der Waals surface area contributed by atoms with Crippen molar-refractivity contribution in [3.05, 3.63) is 33.8 Å². The van der Waals surface area contributed by atoms with Crippen molar-refractivity contribution in [2.24, 2.45) is 25.0 Å². The zero-order valence-electron chi connectivity index (χ0n) is 8.91. The summed E-state index contributed by atoms with van der Waals surface area (Å²) in [7, 11) is 3.58. The maximum Gasteiger partial charge on any atom is 0.271 e. The summed E-state index contributed by atoms with van der Waals surface area (Å²) in [6.45, 7) is 0. The number of nitro groups is 1. The number of nitro benzene ring substituents is 1. The molecule has 0 aliphatic carbocycles. The number of hydrogen-bond acceptors (Lipinski definition) is 4. The normalized spacial score (nSPS) is 12.2. The van der Waals surface area contributed by atoms with Crippen LogP contribution in [0.2, 0.25) is 0 Å². The highest BCUT2D eigenvalue weighted by Crippen LogP contribution is 2.18. The highest BCUT2D eigenvalue weighted by atomic mass is 16.6. The minimum atomic E-state index is -0.425. The molecule has 1 aromatic carbocycles. The monoisotopic (exact) mass is 221 g/mol. The maximum absolute atomic E-state index is 10.7. The van der Waals surface area contributed by atoms with E-state index >= 15 is 0 Å². The molecule has 0 saturated carbocycles. The summed E-state index contributed by atoms with van der Waals surface area (Å²) in [4.78, 5) is 10.2. The second kappa shape index (κ2) is 3.37. The van der Waals surface area contributed by atoms with Crippen LogP contribution in [0.1, 0.15) is 0 Å². The average Bonchev–Trinajstić information content (AvgIpc) is 2.51. The van der Waals surface area contributed by atoms with Crippen LogP contribution >= 0.6 is 0 Å². The first-order valence-electron chi connectivity index (χ1n) is 4.60. The molecule has 0 atom stereocenters. The molecule has 0 aliphatic heterocycles. The predicted octanol–water partition coefficient (Wildman–Crippen LogP) is 0.199. The summed E-state index contributed by atoms with van der Waals surface area (Å²) in [5.41, 5.74) is 1.37. The lowest BCUT2D eigenvalue weighted by molar-refractivity contribution is -0.384. The standard InChI is InChI=1S/C9H11N5O2/c1-12-8-5-6(14(15)16)3-4-7(8)9(11-10)13(12)2/h3-5H,10H2,1-2H3. The Morgan fingerprint density at radius 3 is 2.62 bits per heavy atom. The SMILES string of the molecule is Cn1c(=NN)c2ccc([N+](=O)[O-])cc2n1C. The van der Waals surface area contributed by atoms with Crippen LogP contribution in [-0.2, 0) is 14.1 Å². The number of aromatic nitrogens is 2. The molecule has 0 spiro atoms. The molecular weight excluding hydrogens is 210 g/mol. The van der Waals surface area contributed by atoms with Crippen LogP contribution in [-0.4, -0.2) is 14.3 Å². The van der Waals surface area contributed by atoms with Crippen molar-refractivity contribution in [2.45, 2.75) is 0 Å². The summed E-state index contributed by atoms with van der Waals surface area (Å²) in [5.74, 6) is 5.28. The zero-order chi connectivity index (χ0) is 11.9. The van der Waals surface area contributed by atoms with Crippen LogP contribution in [0, 0.1) is 10.1 Å². The Kier molecular flexibility index (Phi) is 2.15. The molecule has 2 rings (SSSR count). The number of nitrogens with two attached hydrogens (primary N) is 1. The molecule has 0 radical (unpaired) electrons. The molecule has 0 amide bonds. The van der Waals surface area contributed by atoms with Crippen molar-refractivity contribution in [1.82, 2.24) is 9.36 Å². The van der Waals surface area contributed by atoms with Crippen LogP contribution in [0.3, 0.4) is 0 Å². The van der Waals surface area contributed by atoms with Crippen molar-refractivity contribution in [2.75, 3.05) is 0 Å². The van der Waals surface area contributed by atoms with Gasteiger partial charge in [0.15, 0.2) is 5.49 Å². The highest BCUT2D eigenvalue weighted by Gasteiger charge is 2.11. The second-order valence-electron chi connectivity index (χ2n) is 3.46. The first-order valence-corrected chi connectivity index (χ1v) is 4.60. The molecule has 1 heterocycles. The van der Waals surface area contributed by atoms with Crippen molar-refractivity contribution in [1.29, 1.82) is 0 Å². The number of fused-ring (bicyclic) bond motifs is 1. The molecule has 0 fully saturated rings. The number of nitrogens with zero attached hydrogens (tertiary/aromatic N) is 4. The van der Waals surface area contributed by atoms with Gasteiger partial charge in [-0.2, -0.15) is 5.10 Å². The van der Waals surface area contributed by atoms with Gasteiger partial charge in [-0.25, -0.2) is 0 Å². The van der Waals surface area contributed by atoms with Crippen molar-refractivity contribution in [3.63, 3.8) is 0 Å². The van der Waals surface area contributed by atoms with E-state index in [0.717, 1.165) is 10.9 Å². The van der Waals surface area contributed by atoms with Crippen molar-refractivity contribution >= 4 is 16.6 Å². The fourth-order valence-corrected chi connectivity index (χ4v) is 1.72. The first kappa shape index (κ1) is 10.2. The molecule has 0 saturated heterocycles. The van der Waals surface area contributed by atoms with Crippen LogP contribution in [0.25, 0.3) is 10.9 Å². The predicted molar refractivity (Wildman–Crippen MR) is 58.3 cm³/mol. The second-order valence-corrected chi connectivity index (χ2v) is 3.46. The fraction of sp³-hybridized carbons (Fsp3) is 0.222. The highest BCUT2D eigenvalue weighted by molar-refractivity contribution is 5.80. The average molecular weight is 221 g/mol. The summed E-state index contributed by atoms with van der Waals surface area (Å²) >= 11 is 0. The van der Waals surface area contributed by atoms with E-state index in [1.54, 1.807) is 29.5 Å². The molecule has 2 aromatic rings. The quantitative estimate of drug-likeness (QED) is 0.423. The number of benzene rings is 1. The molecule has 84 valence electrons. The Balaban J connectivity index is 2.91. The van der Waals surface area contributed by atoms with E-state index in [1.807, 2.05) is 0 Å². The van der Waals surface area contributed by atoms with Gasteiger partial charge in [0.1, 0.15) is 0 Å². The van der Waals surface area contributed by atoms with Crippen LogP contribution in [0.4, 0.5) is 5.69 Å². The summed E-state index contributed by atoms with van der Waals surface area (Å²) in [6.07, 6.45) is 0. The van der Waals surface area contributed by atoms with Gasteiger partial charge < -0.3 is 5.84 Å². The Hall–Kier alpha value is -2.31. The number of non-ortho nitro benzene ring substituents is 1. The van der Waals surface area contributed by atoms with E-state index in [2.05, 4.69) is 5.10 Å². The molecule has 0 unspecified atom stereocenters. The van der Waals surface area contributed by atoms with Gasteiger partial charge in [0.05, 0.1) is 10.4 Å². The van der Waals surface area contributed by atoms with E-state index in [1.165, 1.54) is 12.1 Å². The molecule has 2 N–H and O–H groups in total. The Labute approximate surface area is 90.5 Å². The molecule has 0 aliphatic rings. The topological polar surface area (TPSA) is 91.4 Å². The van der Waals surface area contributed by atoms with E-state index in [-0.39, 0.29) is 5.69 Å². The Morgan fingerprint density at radius 1 is 1.38 bits per heavy atom. The largest absolute Gasteiger partial charge is 0.321 e. The van der Waals surface area contributed by atoms with Gasteiger partial charge in [-0.05, 0) is 6.07 Å². The van der Waals surface area contributed by atoms with Gasteiger partial charge in [0.2, 0.25) is 0 Å². The van der Waals surface area contributed by atoms with Crippen LogP contribution in [0.15, 0.2) is 23.3 Å². The number of rotatable bonds is 1. The van der Waals surface area contributed by atoms with E-state index < -0.39 is 4.92 Å². The zero-order valence-corrected chi connectivity index (χ0v) is 8.91. The van der Waals surface area contributed by atoms with E-state index in [0.29, 0.717) is 5.49 Å². The van der Waals surface area contributed by atoms with Gasteiger partial charge in [-0.15, -0.1) is 0 Å². The van der Waals surface area contributed by atoms with Gasteiger partial charge in [0.25, 0.3) is 5.69 Å². The van der Waals surface area contributed by atoms with Gasteiger partial charge in [0, 0.05) is 31.6 Å². The third-order valence-electron chi connectivity index (χ3n) is 2.66. The molecule has 7 nitrogen and oxygen atoms in total. The van der Waals surface area contributed by atoms with Gasteiger partial charge in [-0.1, -0.05) is 0 Å². The molecular formula is C9H11N5O2. The lowest BCUT2D eigenvalue weighted by atomic mass is 10.2. The van der Waals surface area contributed by atoms with Gasteiger partial charge >= 0.3 is 0 Å². The Bertz CT molecular complexity index is 637. The summed E-state index contributed by atoms with van der Waals surface area (Å²) in [6, 6.07) is 4.60. The first-order chi connectivity index (χ1) is 7.56. The lowest BCUT2D eigenvalue weighted by Gasteiger charge is -1.99. The summed E-state index contributed by atoms with van der Waals surface area (Å²) < 4.78 is 3.49. The third kappa shape index (κ3) is 1.25. The van der Waals surface area contributed by atoms with Crippen LogP contribution in [0.5, 0.6) is 0 Å². The van der Waals surface area contributed by atoms with E-state index in [9.17, 15) is 10.1 Å². The number of aryl methyl sites for hydroxylation is 1. The van der Waals surface area contributed by atoms with Gasteiger partial charge in [-0.3, -0.25) is 19.5 Å². The molecule has 0 bridgehead atoms. The Morgan fingerprint density at radius 2 is 2.06 bits per heavy atom. The minimum absolute atomic E-state index is 0.0530.